The van der Waals surface area contributed by atoms with Crippen molar-refractivity contribution >= 4 is 15.9 Å². The Morgan fingerprint density at radius 1 is 1.26 bits per heavy atom. The smallest absolute Gasteiger partial charge is 0.127 e. The maximum atomic E-state index is 13.7. The van der Waals surface area contributed by atoms with Crippen LogP contribution in [0.5, 0.6) is 0 Å². The second kappa shape index (κ2) is 5.90. The van der Waals surface area contributed by atoms with Gasteiger partial charge in [0.1, 0.15) is 5.82 Å². The lowest BCUT2D eigenvalue weighted by molar-refractivity contribution is 0.180. The molecule has 0 radical (unpaired) electrons. The van der Waals surface area contributed by atoms with E-state index in [9.17, 15) is 4.39 Å². The summed E-state index contributed by atoms with van der Waals surface area (Å²) in [4.78, 5) is 2.60. The van der Waals surface area contributed by atoms with Crippen LogP contribution < -0.4 is 5.32 Å². The minimum Gasteiger partial charge on any atom is -0.308 e. The van der Waals surface area contributed by atoms with Crippen molar-refractivity contribution in [1.82, 2.24) is 10.2 Å². The molecule has 0 aliphatic carbocycles. The molecule has 2 aliphatic rings. The third-order valence-corrected chi connectivity index (χ3v) is 4.91. The molecule has 2 saturated heterocycles. The van der Waals surface area contributed by atoms with Crippen molar-refractivity contribution in [1.29, 1.82) is 0 Å². The fraction of sp³-hybridized carbons (Fsp3) is 0.600. The summed E-state index contributed by atoms with van der Waals surface area (Å²) in [6.07, 6.45) is 5.16. The van der Waals surface area contributed by atoms with Crippen molar-refractivity contribution in [2.75, 3.05) is 13.1 Å². The van der Waals surface area contributed by atoms with Gasteiger partial charge in [-0.05, 0) is 44.0 Å². The topological polar surface area (TPSA) is 15.3 Å². The molecular formula is C15H20BrFN2. The first kappa shape index (κ1) is 13.5. The van der Waals surface area contributed by atoms with Gasteiger partial charge in [0, 0.05) is 35.2 Å². The van der Waals surface area contributed by atoms with Gasteiger partial charge >= 0.3 is 0 Å². The quantitative estimate of drug-likeness (QED) is 0.916. The summed E-state index contributed by atoms with van der Waals surface area (Å²) < 4.78 is 14.6. The summed E-state index contributed by atoms with van der Waals surface area (Å²) in [7, 11) is 0. The van der Waals surface area contributed by atoms with Crippen LogP contribution in [0.25, 0.3) is 0 Å². The minimum atomic E-state index is -0.116. The molecule has 2 unspecified atom stereocenters. The fourth-order valence-electron chi connectivity index (χ4n) is 3.41. The Kier molecular flexibility index (Phi) is 4.20. The Morgan fingerprint density at radius 3 is 3.05 bits per heavy atom. The Bertz CT molecular complexity index is 452. The van der Waals surface area contributed by atoms with Gasteiger partial charge in [0.15, 0.2) is 0 Å². The highest BCUT2D eigenvalue weighted by Crippen LogP contribution is 2.27. The number of nitrogens with one attached hydrogen (secondary N) is 1. The summed E-state index contributed by atoms with van der Waals surface area (Å²) in [6.45, 7) is 3.07. The lowest BCUT2D eigenvalue weighted by Gasteiger charge is -2.32. The van der Waals surface area contributed by atoms with Crippen molar-refractivity contribution in [3.63, 3.8) is 0 Å². The van der Waals surface area contributed by atoms with Crippen molar-refractivity contribution < 1.29 is 4.39 Å². The lowest BCUT2D eigenvalue weighted by atomic mass is 9.99. The zero-order chi connectivity index (χ0) is 13.2. The summed E-state index contributed by atoms with van der Waals surface area (Å²) in [6, 6.07) is 6.35. The molecule has 0 amide bonds. The lowest BCUT2D eigenvalue weighted by Crippen LogP contribution is -2.44. The van der Waals surface area contributed by atoms with Gasteiger partial charge in [-0.2, -0.15) is 0 Å². The largest absolute Gasteiger partial charge is 0.308 e. The maximum absolute atomic E-state index is 13.7. The molecule has 0 aromatic heterocycles. The highest BCUT2D eigenvalue weighted by atomic mass is 79.9. The number of fused-ring (bicyclic) bond motifs is 1. The number of halogens is 2. The molecule has 104 valence electrons. The second-order valence-corrected chi connectivity index (χ2v) is 6.53. The average molecular weight is 327 g/mol. The van der Waals surface area contributed by atoms with Crippen LogP contribution in [0.1, 0.15) is 31.2 Å². The number of hydrogen-bond donors (Lipinski definition) is 1. The Morgan fingerprint density at radius 2 is 2.16 bits per heavy atom. The van der Waals surface area contributed by atoms with E-state index in [-0.39, 0.29) is 5.82 Å². The summed E-state index contributed by atoms with van der Waals surface area (Å²) >= 11 is 3.40. The third-order valence-electron chi connectivity index (χ3n) is 4.42. The van der Waals surface area contributed by atoms with Crippen LogP contribution >= 0.6 is 15.9 Å². The number of nitrogens with zero attached hydrogens (tertiary/aromatic N) is 1. The molecule has 0 spiro atoms. The van der Waals surface area contributed by atoms with Gasteiger partial charge in [0.25, 0.3) is 0 Å². The Hall–Kier alpha value is -0.450. The fourth-order valence-corrected chi connectivity index (χ4v) is 3.81. The van der Waals surface area contributed by atoms with Crippen LogP contribution in [0, 0.1) is 5.82 Å². The minimum absolute atomic E-state index is 0.116. The molecule has 1 aromatic carbocycles. The van der Waals surface area contributed by atoms with Gasteiger partial charge < -0.3 is 5.32 Å². The predicted octanol–water partition coefficient (Wildman–Crippen LogP) is 3.30. The molecule has 0 saturated carbocycles. The van der Waals surface area contributed by atoms with E-state index in [4.69, 9.17) is 0 Å². The van der Waals surface area contributed by atoms with Crippen LogP contribution in [0.15, 0.2) is 22.7 Å². The summed E-state index contributed by atoms with van der Waals surface area (Å²) in [5.74, 6) is -0.116. The van der Waals surface area contributed by atoms with E-state index >= 15 is 0 Å². The van der Waals surface area contributed by atoms with Gasteiger partial charge in [0.05, 0.1) is 0 Å². The molecule has 19 heavy (non-hydrogen) atoms. The standard InChI is InChI=1S/C15H20BrFN2/c16-12-4-5-13(17)11(9-12)10-18-14-6-8-19-7-2-1-3-15(14)19/h4-5,9,14-15,18H,1-3,6-8,10H2. The summed E-state index contributed by atoms with van der Waals surface area (Å²) in [5, 5.41) is 3.56. The van der Waals surface area contributed by atoms with Gasteiger partial charge in [-0.3, -0.25) is 4.90 Å². The van der Waals surface area contributed by atoms with Crippen LogP contribution in [-0.4, -0.2) is 30.1 Å². The first-order valence-electron chi connectivity index (χ1n) is 7.15. The van der Waals surface area contributed by atoms with Crippen molar-refractivity contribution in [2.24, 2.45) is 0 Å². The zero-order valence-corrected chi connectivity index (χ0v) is 12.6. The second-order valence-electron chi connectivity index (χ2n) is 5.61. The molecule has 1 aromatic rings. The Labute approximate surface area is 122 Å². The van der Waals surface area contributed by atoms with Gasteiger partial charge in [-0.1, -0.05) is 22.4 Å². The molecule has 2 aliphatic heterocycles. The number of rotatable bonds is 3. The van der Waals surface area contributed by atoms with E-state index in [1.54, 1.807) is 6.07 Å². The van der Waals surface area contributed by atoms with E-state index in [0.29, 0.717) is 18.6 Å². The molecule has 2 atom stereocenters. The molecule has 0 bridgehead atoms. The number of piperidine rings is 1. The molecule has 2 fully saturated rings. The van der Waals surface area contributed by atoms with E-state index in [2.05, 4.69) is 26.1 Å². The maximum Gasteiger partial charge on any atom is 0.127 e. The average Bonchev–Trinajstić information content (AvgIpc) is 2.83. The third kappa shape index (κ3) is 3.01. The molecule has 2 heterocycles. The van der Waals surface area contributed by atoms with Crippen molar-refractivity contribution in [2.45, 2.75) is 44.3 Å². The highest BCUT2D eigenvalue weighted by Gasteiger charge is 2.34. The predicted molar refractivity (Wildman–Crippen MR) is 78.6 cm³/mol. The number of benzene rings is 1. The van der Waals surface area contributed by atoms with Crippen LogP contribution in [0.2, 0.25) is 0 Å². The zero-order valence-electron chi connectivity index (χ0n) is 11.0. The molecular weight excluding hydrogens is 307 g/mol. The van der Waals surface area contributed by atoms with E-state index in [1.807, 2.05) is 6.07 Å². The first-order valence-corrected chi connectivity index (χ1v) is 7.95. The van der Waals surface area contributed by atoms with Crippen LogP contribution in [-0.2, 0) is 6.54 Å². The Balaban J connectivity index is 1.61. The van der Waals surface area contributed by atoms with Crippen molar-refractivity contribution in [3.05, 3.63) is 34.1 Å². The molecule has 1 N–H and O–H groups in total. The number of hydrogen-bond acceptors (Lipinski definition) is 2. The van der Waals surface area contributed by atoms with Gasteiger partial charge in [-0.25, -0.2) is 4.39 Å². The first-order chi connectivity index (χ1) is 9.24. The molecule has 4 heteroatoms. The summed E-state index contributed by atoms with van der Waals surface area (Å²) in [5.41, 5.74) is 0.753. The normalized spacial score (nSPS) is 27.5. The molecule has 2 nitrogen and oxygen atoms in total. The SMILES string of the molecule is Fc1ccc(Br)cc1CNC1CCN2CCCCC12. The van der Waals surface area contributed by atoms with E-state index in [0.717, 1.165) is 10.0 Å². The monoisotopic (exact) mass is 326 g/mol. The van der Waals surface area contributed by atoms with Gasteiger partial charge in [-0.15, -0.1) is 0 Å². The van der Waals surface area contributed by atoms with E-state index in [1.165, 1.54) is 44.8 Å². The van der Waals surface area contributed by atoms with Crippen molar-refractivity contribution in [3.8, 4) is 0 Å². The molecule has 3 rings (SSSR count). The van der Waals surface area contributed by atoms with Crippen LogP contribution in [0.3, 0.4) is 0 Å². The van der Waals surface area contributed by atoms with E-state index < -0.39 is 0 Å². The highest BCUT2D eigenvalue weighted by molar-refractivity contribution is 9.10. The van der Waals surface area contributed by atoms with Crippen LogP contribution in [0.4, 0.5) is 4.39 Å². The van der Waals surface area contributed by atoms with Gasteiger partial charge in [0.2, 0.25) is 0 Å².